The maximum Gasteiger partial charge on any atom is 0.236 e. The lowest BCUT2D eigenvalue weighted by atomic mass is 9.89. The maximum atomic E-state index is 10.0. The van der Waals surface area contributed by atoms with Crippen LogP contribution < -0.4 is 10.6 Å². The molecule has 7 heteroatoms. The van der Waals surface area contributed by atoms with Gasteiger partial charge in [-0.3, -0.25) is 5.41 Å². The zero-order valence-corrected chi connectivity index (χ0v) is 14.9. The number of halogens is 1. The molecule has 0 unspecified atom stereocenters. The number of aromatic hydroxyl groups is 1. The third kappa shape index (κ3) is 4.19. The van der Waals surface area contributed by atoms with Gasteiger partial charge in [-0.05, 0) is 54.6 Å². The van der Waals surface area contributed by atoms with E-state index in [2.05, 4.69) is 15.0 Å². The molecule has 1 heterocycles. The van der Waals surface area contributed by atoms with Gasteiger partial charge in [0.1, 0.15) is 16.4 Å². The van der Waals surface area contributed by atoms with Gasteiger partial charge < -0.3 is 15.7 Å². The minimum atomic E-state index is -0.113. The van der Waals surface area contributed by atoms with Gasteiger partial charge in [-0.25, -0.2) is 0 Å². The first-order chi connectivity index (χ1) is 11.6. The molecule has 0 atom stereocenters. The second-order valence-electron chi connectivity index (χ2n) is 6.10. The van der Waals surface area contributed by atoms with E-state index in [1.54, 1.807) is 12.1 Å². The number of benzene rings is 1. The molecule has 0 spiro atoms. The van der Waals surface area contributed by atoms with E-state index < -0.39 is 0 Å². The summed E-state index contributed by atoms with van der Waals surface area (Å²) in [4.78, 5) is 0. The average molecular weight is 365 g/mol. The van der Waals surface area contributed by atoms with Crippen molar-refractivity contribution in [2.24, 2.45) is 5.92 Å². The molecule has 0 aliphatic heterocycles. The fourth-order valence-corrected chi connectivity index (χ4v) is 3.83. The summed E-state index contributed by atoms with van der Waals surface area (Å²) in [5, 5.41) is 26.0. The van der Waals surface area contributed by atoms with Gasteiger partial charge in [-0.2, -0.15) is 4.37 Å². The lowest BCUT2D eigenvalue weighted by Gasteiger charge is -2.22. The first-order valence-electron chi connectivity index (χ1n) is 8.17. The predicted octanol–water partition coefficient (Wildman–Crippen LogP) is 4.74. The highest BCUT2D eigenvalue weighted by atomic mass is 35.5. The molecule has 1 saturated carbocycles. The van der Waals surface area contributed by atoms with Crippen molar-refractivity contribution in [1.82, 2.24) is 9.69 Å². The molecule has 3 rings (SSSR count). The molecular weight excluding hydrogens is 344 g/mol. The molecule has 0 saturated heterocycles. The molecule has 0 radical (unpaired) electrons. The van der Waals surface area contributed by atoms with E-state index in [1.807, 2.05) is 12.1 Å². The number of nitrogens with one attached hydrogen (secondary N) is 3. The predicted molar refractivity (Wildman–Crippen MR) is 99.9 cm³/mol. The normalized spacial score (nSPS) is 15.2. The van der Waals surface area contributed by atoms with Crippen molar-refractivity contribution < 1.29 is 5.11 Å². The fourth-order valence-electron chi connectivity index (χ4n) is 2.98. The van der Waals surface area contributed by atoms with Gasteiger partial charge >= 0.3 is 0 Å². The van der Waals surface area contributed by atoms with Crippen molar-refractivity contribution in [3.05, 3.63) is 34.9 Å². The average Bonchev–Trinajstić information content (AvgIpc) is 2.96. The van der Waals surface area contributed by atoms with Crippen LogP contribution in [0.15, 0.2) is 24.3 Å². The van der Waals surface area contributed by atoms with Crippen LogP contribution in [0.2, 0.25) is 5.02 Å². The highest BCUT2D eigenvalue weighted by Crippen LogP contribution is 2.32. The number of hydrogen-bond acceptors (Lipinski definition) is 5. The topological polar surface area (TPSA) is 81.0 Å². The Kier molecular flexibility index (Phi) is 5.58. The molecule has 0 bridgehead atoms. The van der Waals surface area contributed by atoms with Crippen molar-refractivity contribution >= 4 is 39.7 Å². The summed E-state index contributed by atoms with van der Waals surface area (Å²) < 4.78 is 3.97. The van der Waals surface area contributed by atoms with Crippen molar-refractivity contribution in [1.29, 1.82) is 5.41 Å². The smallest absolute Gasteiger partial charge is 0.236 e. The molecular formula is C17H21ClN4OS. The summed E-state index contributed by atoms with van der Waals surface area (Å²) in [5.41, 5.74) is 1.26. The van der Waals surface area contributed by atoms with Crippen LogP contribution in [0.25, 0.3) is 0 Å². The first-order valence-corrected chi connectivity index (χ1v) is 9.32. The Hall–Kier alpha value is -1.79. The third-order valence-corrected chi connectivity index (χ3v) is 5.32. The first kappa shape index (κ1) is 17.0. The van der Waals surface area contributed by atoms with Gasteiger partial charge in [0.05, 0.1) is 0 Å². The van der Waals surface area contributed by atoms with E-state index >= 15 is 0 Å². The highest BCUT2D eigenvalue weighted by molar-refractivity contribution is 7.11. The Balaban J connectivity index is 1.67. The largest absolute Gasteiger partial charge is 0.492 e. The second-order valence-corrected chi connectivity index (χ2v) is 7.31. The van der Waals surface area contributed by atoms with Crippen LogP contribution in [0, 0.1) is 11.3 Å². The Labute approximate surface area is 150 Å². The molecule has 4 N–H and O–H groups in total. The lowest BCUT2D eigenvalue weighted by molar-refractivity contribution is 0.356. The van der Waals surface area contributed by atoms with E-state index in [0.717, 1.165) is 23.8 Å². The third-order valence-electron chi connectivity index (χ3n) is 4.32. The number of amidine groups is 1. The standard InChI is InChI=1S/C17H21ClN4OS/c18-12-6-8-13(9-7-12)21-17-14(16(23)22-24-17)15(19)20-10-11-4-2-1-3-5-11/h6-9,11,21H,1-5,10H2,(H2,19,20)(H,22,23). The number of hydrogen-bond donors (Lipinski definition) is 4. The monoisotopic (exact) mass is 364 g/mol. The van der Waals surface area contributed by atoms with Crippen molar-refractivity contribution in [2.75, 3.05) is 11.9 Å². The fraction of sp³-hybridized carbons (Fsp3) is 0.412. The van der Waals surface area contributed by atoms with Gasteiger partial charge in [0.2, 0.25) is 5.88 Å². The minimum absolute atomic E-state index is 0.113. The summed E-state index contributed by atoms with van der Waals surface area (Å²) in [6, 6.07) is 7.28. The highest BCUT2D eigenvalue weighted by Gasteiger charge is 2.20. The quantitative estimate of drug-likeness (QED) is 0.456. The second kappa shape index (κ2) is 7.85. The number of anilines is 2. The molecule has 2 aromatic rings. The summed E-state index contributed by atoms with van der Waals surface area (Å²) >= 11 is 7.03. The van der Waals surface area contributed by atoms with E-state index in [9.17, 15) is 5.11 Å². The van der Waals surface area contributed by atoms with E-state index in [1.165, 1.54) is 32.1 Å². The molecule has 1 aromatic carbocycles. The van der Waals surface area contributed by atoms with Gasteiger partial charge in [0, 0.05) is 17.3 Å². The van der Waals surface area contributed by atoms with Crippen LogP contribution in [-0.4, -0.2) is 21.9 Å². The van der Waals surface area contributed by atoms with Crippen molar-refractivity contribution in [3.63, 3.8) is 0 Å². The van der Waals surface area contributed by atoms with Gasteiger partial charge in [0.25, 0.3) is 0 Å². The molecule has 1 aromatic heterocycles. The lowest BCUT2D eigenvalue weighted by Crippen LogP contribution is -2.30. The van der Waals surface area contributed by atoms with Crippen LogP contribution >= 0.6 is 23.1 Å². The van der Waals surface area contributed by atoms with Gasteiger partial charge in [-0.1, -0.05) is 30.9 Å². The molecule has 1 aliphatic carbocycles. The van der Waals surface area contributed by atoms with Crippen LogP contribution in [-0.2, 0) is 0 Å². The zero-order valence-electron chi connectivity index (χ0n) is 13.3. The zero-order chi connectivity index (χ0) is 16.9. The van der Waals surface area contributed by atoms with Crippen molar-refractivity contribution in [2.45, 2.75) is 32.1 Å². The molecule has 1 aliphatic rings. The molecule has 128 valence electrons. The van der Waals surface area contributed by atoms with E-state index in [0.29, 0.717) is 21.5 Å². The van der Waals surface area contributed by atoms with Crippen LogP contribution in [0.4, 0.5) is 10.7 Å². The summed E-state index contributed by atoms with van der Waals surface area (Å²) in [6.45, 7) is 0.772. The Morgan fingerprint density at radius 1 is 1.25 bits per heavy atom. The van der Waals surface area contributed by atoms with E-state index in [4.69, 9.17) is 17.0 Å². The molecule has 1 fully saturated rings. The van der Waals surface area contributed by atoms with E-state index in [-0.39, 0.29) is 11.7 Å². The Morgan fingerprint density at radius 2 is 1.96 bits per heavy atom. The van der Waals surface area contributed by atoms with Crippen LogP contribution in [0.1, 0.15) is 37.7 Å². The van der Waals surface area contributed by atoms with Gasteiger partial charge in [0.15, 0.2) is 0 Å². The van der Waals surface area contributed by atoms with Crippen LogP contribution in [0.5, 0.6) is 5.88 Å². The summed E-state index contributed by atoms with van der Waals surface area (Å²) in [7, 11) is 0. The maximum absolute atomic E-state index is 10.0. The van der Waals surface area contributed by atoms with Gasteiger partial charge in [-0.15, -0.1) is 0 Å². The summed E-state index contributed by atoms with van der Waals surface area (Å²) in [5.74, 6) is 0.710. The van der Waals surface area contributed by atoms with Crippen LogP contribution in [0.3, 0.4) is 0 Å². The molecule has 5 nitrogen and oxygen atoms in total. The Bertz CT molecular complexity index is 695. The summed E-state index contributed by atoms with van der Waals surface area (Å²) in [6.07, 6.45) is 6.29. The number of nitrogens with zero attached hydrogens (tertiary/aromatic N) is 1. The molecule has 24 heavy (non-hydrogen) atoms. The number of aromatic nitrogens is 1. The Morgan fingerprint density at radius 3 is 2.67 bits per heavy atom. The SMILES string of the molecule is N=C(NCC1CCCCC1)c1c(O)nsc1Nc1ccc(Cl)cc1. The molecule has 0 amide bonds. The minimum Gasteiger partial charge on any atom is -0.492 e. The number of rotatable bonds is 5. The van der Waals surface area contributed by atoms with Crippen molar-refractivity contribution in [3.8, 4) is 5.88 Å².